The maximum Gasteiger partial charge on any atom is 0.240 e. The molecule has 0 aliphatic carbocycles. The predicted octanol–water partition coefficient (Wildman–Crippen LogP) is 2.28. The molecule has 6 heteroatoms. The third-order valence-electron chi connectivity index (χ3n) is 3.95. The zero-order valence-corrected chi connectivity index (χ0v) is 14.6. The molecule has 0 radical (unpaired) electrons. The van der Waals surface area contributed by atoms with Crippen molar-refractivity contribution in [2.45, 2.75) is 39.7 Å². The second-order valence-electron chi connectivity index (χ2n) is 5.78. The Morgan fingerprint density at radius 3 is 2.58 bits per heavy atom. The molecule has 1 aromatic rings. The van der Waals surface area contributed by atoms with Gasteiger partial charge in [-0.3, -0.25) is 9.59 Å². The lowest BCUT2D eigenvalue weighted by Crippen LogP contribution is -2.38. The number of hydrogen-bond donors (Lipinski definition) is 1. The normalized spacial score (nSPS) is 15.3. The highest BCUT2D eigenvalue weighted by Gasteiger charge is 2.23. The molecule has 132 valence electrons. The summed E-state index contributed by atoms with van der Waals surface area (Å²) in [6.07, 6.45) is 1.37. The monoisotopic (exact) mass is 334 g/mol. The van der Waals surface area contributed by atoms with Crippen molar-refractivity contribution < 1.29 is 19.1 Å². The van der Waals surface area contributed by atoms with Crippen LogP contribution in [0.4, 0.5) is 0 Å². The second-order valence-corrected chi connectivity index (χ2v) is 5.78. The summed E-state index contributed by atoms with van der Waals surface area (Å²) in [5, 5.41) is 2.94. The molecule has 0 spiro atoms. The van der Waals surface area contributed by atoms with Crippen LogP contribution >= 0.6 is 0 Å². The minimum atomic E-state index is -0.176. The van der Waals surface area contributed by atoms with Crippen LogP contribution in [-0.4, -0.2) is 43.0 Å². The van der Waals surface area contributed by atoms with Gasteiger partial charge in [0.15, 0.2) is 11.5 Å². The Morgan fingerprint density at radius 2 is 1.96 bits per heavy atom. The zero-order valence-electron chi connectivity index (χ0n) is 14.6. The van der Waals surface area contributed by atoms with Gasteiger partial charge in [-0.2, -0.15) is 0 Å². The van der Waals surface area contributed by atoms with Crippen LogP contribution in [0.5, 0.6) is 11.5 Å². The van der Waals surface area contributed by atoms with Gasteiger partial charge in [-0.05, 0) is 44.9 Å². The van der Waals surface area contributed by atoms with Crippen molar-refractivity contribution in [1.29, 1.82) is 0 Å². The Bertz CT molecular complexity index is 588. The number of hydrogen-bond acceptors (Lipinski definition) is 4. The number of nitrogens with zero attached hydrogens (tertiary/aromatic N) is 1. The van der Waals surface area contributed by atoms with Crippen molar-refractivity contribution in [3.8, 4) is 11.5 Å². The minimum absolute atomic E-state index is 0.0532. The first kappa shape index (κ1) is 18.1. The first-order chi connectivity index (χ1) is 11.5. The summed E-state index contributed by atoms with van der Waals surface area (Å²) in [6, 6.07) is 5.49. The van der Waals surface area contributed by atoms with Crippen molar-refractivity contribution in [3.05, 3.63) is 23.8 Å². The highest BCUT2D eigenvalue weighted by atomic mass is 16.5. The van der Waals surface area contributed by atoms with Gasteiger partial charge in [-0.1, -0.05) is 6.07 Å². The lowest BCUT2D eigenvalue weighted by molar-refractivity contribution is -0.133. The molecule has 24 heavy (non-hydrogen) atoms. The third-order valence-corrected chi connectivity index (χ3v) is 3.95. The van der Waals surface area contributed by atoms with E-state index in [1.807, 2.05) is 39.0 Å². The van der Waals surface area contributed by atoms with Gasteiger partial charge in [0, 0.05) is 13.0 Å². The Labute approximate surface area is 143 Å². The van der Waals surface area contributed by atoms with E-state index in [4.69, 9.17) is 9.47 Å². The summed E-state index contributed by atoms with van der Waals surface area (Å²) in [4.78, 5) is 25.3. The van der Waals surface area contributed by atoms with Crippen LogP contribution in [0, 0.1) is 0 Å². The number of amides is 2. The van der Waals surface area contributed by atoms with Crippen LogP contribution in [0.25, 0.3) is 0 Å². The van der Waals surface area contributed by atoms with E-state index in [1.165, 1.54) is 0 Å². The minimum Gasteiger partial charge on any atom is -0.490 e. The molecular formula is C18H26N2O4. The molecule has 6 nitrogen and oxygen atoms in total. The predicted molar refractivity (Wildman–Crippen MR) is 91.2 cm³/mol. The van der Waals surface area contributed by atoms with Crippen LogP contribution in [0.1, 0.15) is 45.2 Å². The van der Waals surface area contributed by atoms with E-state index in [0.29, 0.717) is 37.7 Å². The van der Waals surface area contributed by atoms with E-state index in [2.05, 4.69) is 5.32 Å². The second kappa shape index (κ2) is 8.57. The average molecular weight is 334 g/mol. The van der Waals surface area contributed by atoms with Crippen LogP contribution in [0.15, 0.2) is 18.2 Å². The van der Waals surface area contributed by atoms with Gasteiger partial charge < -0.3 is 19.7 Å². The molecule has 2 amide bonds. The lowest BCUT2D eigenvalue weighted by atomic mass is 10.1. The summed E-state index contributed by atoms with van der Waals surface area (Å²) in [5.74, 6) is 1.28. The molecule has 1 saturated heterocycles. The highest BCUT2D eigenvalue weighted by molar-refractivity contribution is 5.86. The molecule has 1 aliphatic rings. The molecular weight excluding hydrogens is 308 g/mol. The summed E-state index contributed by atoms with van der Waals surface area (Å²) in [7, 11) is 0. The SMILES string of the molecule is CCOc1ccc([C@@H](C)NC(=O)CN2CCCC2=O)cc1OCC. The molecule has 0 aromatic heterocycles. The number of nitrogens with one attached hydrogen (secondary N) is 1. The Kier molecular flexibility index (Phi) is 6.46. The smallest absolute Gasteiger partial charge is 0.240 e. The van der Waals surface area contributed by atoms with Crippen LogP contribution in [0.2, 0.25) is 0 Å². The van der Waals surface area contributed by atoms with E-state index >= 15 is 0 Å². The van der Waals surface area contributed by atoms with Crippen LogP contribution in [-0.2, 0) is 9.59 Å². The molecule has 1 fully saturated rings. The van der Waals surface area contributed by atoms with Crippen molar-refractivity contribution >= 4 is 11.8 Å². The molecule has 1 heterocycles. The van der Waals surface area contributed by atoms with Crippen molar-refractivity contribution in [2.75, 3.05) is 26.3 Å². The largest absolute Gasteiger partial charge is 0.490 e. The summed E-state index contributed by atoms with van der Waals surface area (Å²) < 4.78 is 11.2. The van der Waals surface area contributed by atoms with E-state index in [-0.39, 0.29) is 24.4 Å². The topological polar surface area (TPSA) is 67.9 Å². The maximum atomic E-state index is 12.1. The van der Waals surface area contributed by atoms with E-state index in [9.17, 15) is 9.59 Å². The van der Waals surface area contributed by atoms with Crippen molar-refractivity contribution in [2.24, 2.45) is 0 Å². The van der Waals surface area contributed by atoms with Crippen LogP contribution < -0.4 is 14.8 Å². The number of ether oxygens (including phenoxy) is 2. The summed E-state index contributed by atoms with van der Waals surface area (Å²) in [6.45, 7) is 7.65. The molecule has 1 atom stereocenters. The quantitative estimate of drug-likeness (QED) is 0.792. The first-order valence-electron chi connectivity index (χ1n) is 8.51. The molecule has 1 aliphatic heterocycles. The maximum absolute atomic E-state index is 12.1. The Balaban J connectivity index is 2.00. The van der Waals surface area contributed by atoms with Gasteiger partial charge in [-0.25, -0.2) is 0 Å². The standard InChI is InChI=1S/C18H26N2O4/c1-4-23-15-9-8-14(11-16(15)24-5-2)13(3)19-17(21)12-20-10-6-7-18(20)22/h8-9,11,13H,4-7,10,12H2,1-3H3,(H,19,21)/t13-/m1/s1. The van der Waals surface area contributed by atoms with Crippen LogP contribution in [0.3, 0.4) is 0 Å². The van der Waals surface area contributed by atoms with E-state index in [0.717, 1.165) is 12.0 Å². The Hall–Kier alpha value is -2.24. The number of benzene rings is 1. The third kappa shape index (κ3) is 4.63. The molecule has 0 bridgehead atoms. The summed E-state index contributed by atoms with van der Waals surface area (Å²) in [5.41, 5.74) is 0.933. The van der Waals surface area contributed by atoms with Gasteiger partial charge in [0.05, 0.1) is 25.8 Å². The molecule has 0 unspecified atom stereocenters. The highest BCUT2D eigenvalue weighted by Crippen LogP contribution is 2.30. The number of carbonyl (C=O) groups excluding carboxylic acids is 2. The van der Waals surface area contributed by atoms with Crippen molar-refractivity contribution in [1.82, 2.24) is 10.2 Å². The molecule has 2 rings (SSSR count). The van der Waals surface area contributed by atoms with Gasteiger partial charge >= 0.3 is 0 Å². The lowest BCUT2D eigenvalue weighted by Gasteiger charge is -2.20. The summed E-state index contributed by atoms with van der Waals surface area (Å²) >= 11 is 0. The fraction of sp³-hybridized carbons (Fsp3) is 0.556. The average Bonchev–Trinajstić information content (AvgIpc) is 2.94. The molecule has 0 saturated carbocycles. The van der Waals surface area contributed by atoms with E-state index < -0.39 is 0 Å². The molecule has 1 aromatic carbocycles. The zero-order chi connectivity index (χ0) is 17.5. The molecule has 1 N–H and O–H groups in total. The van der Waals surface area contributed by atoms with Gasteiger partial charge in [0.25, 0.3) is 0 Å². The fourth-order valence-electron chi connectivity index (χ4n) is 2.75. The Morgan fingerprint density at radius 1 is 1.25 bits per heavy atom. The number of likely N-dealkylation sites (tertiary alicyclic amines) is 1. The van der Waals surface area contributed by atoms with Crippen molar-refractivity contribution in [3.63, 3.8) is 0 Å². The number of carbonyl (C=O) groups is 2. The van der Waals surface area contributed by atoms with Gasteiger partial charge in [0.2, 0.25) is 11.8 Å². The number of rotatable bonds is 8. The van der Waals surface area contributed by atoms with Gasteiger partial charge in [-0.15, -0.1) is 0 Å². The fourth-order valence-corrected chi connectivity index (χ4v) is 2.75. The van der Waals surface area contributed by atoms with Gasteiger partial charge in [0.1, 0.15) is 0 Å². The van der Waals surface area contributed by atoms with E-state index in [1.54, 1.807) is 4.90 Å². The first-order valence-corrected chi connectivity index (χ1v) is 8.51.